The zero-order valence-electron chi connectivity index (χ0n) is 9.42. The van der Waals surface area contributed by atoms with Crippen LogP contribution in [0.2, 0.25) is 0 Å². The van der Waals surface area contributed by atoms with Gasteiger partial charge in [-0.2, -0.15) is 4.98 Å². The first-order chi connectivity index (χ1) is 7.72. The van der Waals surface area contributed by atoms with Gasteiger partial charge in [-0.25, -0.2) is 0 Å². The highest BCUT2D eigenvalue weighted by Crippen LogP contribution is 2.23. The van der Waals surface area contributed by atoms with Crippen LogP contribution in [0.25, 0.3) is 0 Å². The normalized spacial score (nSPS) is 17.6. The number of rotatable bonds is 2. The molecule has 5 nitrogen and oxygen atoms in total. The van der Waals surface area contributed by atoms with Crippen LogP contribution < -0.4 is 10.9 Å². The maximum Gasteiger partial charge on any atom is 0.257 e. The van der Waals surface area contributed by atoms with Gasteiger partial charge in [0, 0.05) is 5.92 Å². The Morgan fingerprint density at radius 3 is 2.69 bits per heavy atom. The molecule has 0 radical (unpaired) electrons. The summed E-state index contributed by atoms with van der Waals surface area (Å²) in [6, 6.07) is 0. The second-order valence-corrected chi connectivity index (χ2v) is 4.13. The van der Waals surface area contributed by atoms with Crippen molar-refractivity contribution in [3.8, 4) is 5.88 Å². The smallest absolute Gasteiger partial charge is 0.257 e. The highest BCUT2D eigenvalue weighted by atomic mass is 16.3. The number of aromatic nitrogens is 2. The summed E-state index contributed by atoms with van der Waals surface area (Å²) in [5.41, 5.74) is 0.168. The van der Waals surface area contributed by atoms with E-state index in [0.29, 0.717) is 17.8 Å². The number of piperidine rings is 1. The third kappa shape index (κ3) is 2.09. The number of aromatic hydroxyl groups is 1. The molecule has 1 aliphatic heterocycles. The van der Waals surface area contributed by atoms with E-state index in [9.17, 15) is 9.90 Å². The minimum atomic E-state index is -0.205. The lowest BCUT2D eigenvalue weighted by Crippen LogP contribution is -2.29. The Balaban J connectivity index is 2.31. The van der Waals surface area contributed by atoms with Gasteiger partial charge in [-0.15, -0.1) is 0 Å². The standard InChI is InChI=1S/C11H17N3O2/c1-2-8-10(15)13-9(14-11(8)16)7-3-5-12-6-4-7/h7,12H,2-6H2,1H3,(H2,13,14,15,16). The summed E-state index contributed by atoms with van der Waals surface area (Å²) in [6.45, 7) is 3.70. The van der Waals surface area contributed by atoms with Gasteiger partial charge in [-0.05, 0) is 32.4 Å². The van der Waals surface area contributed by atoms with Gasteiger partial charge in [0.1, 0.15) is 5.82 Å². The van der Waals surface area contributed by atoms with Crippen LogP contribution in [0, 0.1) is 0 Å². The maximum absolute atomic E-state index is 11.7. The van der Waals surface area contributed by atoms with Gasteiger partial charge in [-0.1, -0.05) is 6.92 Å². The predicted molar refractivity (Wildman–Crippen MR) is 60.7 cm³/mol. The molecule has 0 spiro atoms. The van der Waals surface area contributed by atoms with E-state index in [4.69, 9.17) is 0 Å². The Morgan fingerprint density at radius 2 is 2.12 bits per heavy atom. The van der Waals surface area contributed by atoms with Gasteiger partial charge in [0.15, 0.2) is 0 Å². The lowest BCUT2D eigenvalue weighted by atomic mass is 9.97. The van der Waals surface area contributed by atoms with Gasteiger partial charge in [0.25, 0.3) is 5.56 Å². The molecule has 1 aromatic rings. The van der Waals surface area contributed by atoms with Crippen molar-refractivity contribution < 1.29 is 5.11 Å². The van der Waals surface area contributed by atoms with E-state index < -0.39 is 0 Å². The highest BCUT2D eigenvalue weighted by molar-refractivity contribution is 5.23. The molecule has 3 N–H and O–H groups in total. The molecule has 0 amide bonds. The van der Waals surface area contributed by atoms with Crippen molar-refractivity contribution >= 4 is 0 Å². The van der Waals surface area contributed by atoms with Gasteiger partial charge in [0.2, 0.25) is 5.88 Å². The van der Waals surface area contributed by atoms with Crippen LogP contribution in [0.4, 0.5) is 0 Å². The number of hydrogen-bond acceptors (Lipinski definition) is 4. The van der Waals surface area contributed by atoms with E-state index in [1.165, 1.54) is 0 Å². The molecule has 0 unspecified atom stereocenters. The van der Waals surface area contributed by atoms with Gasteiger partial charge >= 0.3 is 0 Å². The maximum atomic E-state index is 11.7. The summed E-state index contributed by atoms with van der Waals surface area (Å²) in [7, 11) is 0. The molecular formula is C11H17N3O2. The predicted octanol–water partition coefficient (Wildman–Crippen LogP) is 0.505. The summed E-state index contributed by atoms with van der Waals surface area (Å²) in [5.74, 6) is 0.770. The number of nitrogens with one attached hydrogen (secondary N) is 2. The van der Waals surface area contributed by atoms with Crippen molar-refractivity contribution in [3.05, 3.63) is 21.7 Å². The van der Waals surface area contributed by atoms with E-state index in [1.54, 1.807) is 0 Å². The molecule has 0 saturated carbocycles. The van der Waals surface area contributed by atoms with E-state index in [-0.39, 0.29) is 17.4 Å². The van der Waals surface area contributed by atoms with Crippen molar-refractivity contribution in [2.45, 2.75) is 32.1 Å². The first kappa shape index (κ1) is 11.1. The van der Waals surface area contributed by atoms with Crippen molar-refractivity contribution in [2.24, 2.45) is 0 Å². The second-order valence-electron chi connectivity index (χ2n) is 4.13. The van der Waals surface area contributed by atoms with Crippen LogP contribution in [-0.4, -0.2) is 28.2 Å². The number of H-pyrrole nitrogens is 1. The zero-order chi connectivity index (χ0) is 11.5. The van der Waals surface area contributed by atoms with Crippen molar-refractivity contribution in [1.29, 1.82) is 0 Å². The molecule has 1 aliphatic rings. The summed E-state index contributed by atoms with van der Waals surface area (Å²) in [4.78, 5) is 18.5. The molecule has 1 fully saturated rings. The van der Waals surface area contributed by atoms with Gasteiger partial charge < -0.3 is 15.4 Å². The van der Waals surface area contributed by atoms with E-state index >= 15 is 0 Å². The molecule has 0 atom stereocenters. The quantitative estimate of drug-likeness (QED) is 0.682. The minimum Gasteiger partial charge on any atom is -0.493 e. The Bertz CT molecular complexity index is 422. The van der Waals surface area contributed by atoms with Gasteiger partial charge in [0.05, 0.1) is 5.56 Å². The van der Waals surface area contributed by atoms with Crippen LogP contribution in [0.1, 0.15) is 37.1 Å². The average Bonchev–Trinajstić information content (AvgIpc) is 2.30. The summed E-state index contributed by atoms with van der Waals surface area (Å²) in [5, 5.41) is 12.9. The molecule has 1 aromatic heterocycles. The molecule has 0 bridgehead atoms. The summed E-state index contributed by atoms with van der Waals surface area (Å²) < 4.78 is 0. The Kier molecular flexibility index (Phi) is 3.24. The van der Waals surface area contributed by atoms with E-state index in [0.717, 1.165) is 25.9 Å². The first-order valence-electron chi connectivity index (χ1n) is 5.75. The van der Waals surface area contributed by atoms with Crippen molar-refractivity contribution in [2.75, 3.05) is 13.1 Å². The third-order valence-electron chi connectivity index (χ3n) is 3.09. The zero-order valence-corrected chi connectivity index (χ0v) is 9.42. The molecule has 16 heavy (non-hydrogen) atoms. The number of aromatic amines is 1. The fourth-order valence-electron chi connectivity index (χ4n) is 2.11. The molecule has 5 heteroatoms. The fourth-order valence-corrected chi connectivity index (χ4v) is 2.11. The average molecular weight is 223 g/mol. The lowest BCUT2D eigenvalue weighted by Gasteiger charge is -2.21. The third-order valence-corrected chi connectivity index (χ3v) is 3.09. The van der Waals surface area contributed by atoms with E-state index in [2.05, 4.69) is 15.3 Å². The lowest BCUT2D eigenvalue weighted by molar-refractivity contribution is 0.414. The number of hydrogen-bond donors (Lipinski definition) is 3. The van der Waals surface area contributed by atoms with Crippen molar-refractivity contribution in [1.82, 2.24) is 15.3 Å². The minimum absolute atomic E-state index is 0.111. The largest absolute Gasteiger partial charge is 0.493 e. The SMILES string of the molecule is CCc1c(O)nc(C2CCNCC2)[nH]c1=O. The topological polar surface area (TPSA) is 78.0 Å². The highest BCUT2D eigenvalue weighted by Gasteiger charge is 2.19. The van der Waals surface area contributed by atoms with Gasteiger partial charge in [-0.3, -0.25) is 4.79 Å². The molecule has 1 saturated heterocycles. The first-order valence-corrected chi connectivity index (χ1v) is 5.75. The van der Waals surface area contributed by atoms with Crippen LogP contribution in [0.3, 0.4) is 0 Å². The Hall–Kier alpha value is -1.36. The van der Waals surface area contributed by atoms with Crippen LogP contribution in [0.5, 0.6) is 5.88 Å². The molecule has 2 rings (SSSR count). The molecule has 0 aliphatic carbocycles. The van der Waals surface area contributed by atoms with E-state index in [1.807, 2.05) is 6.92 Å². The molecule has 2 heterocycles. The molecular weight excluding hydrogens is 206 g/mol. The second kappa shape index (κ2) is 4.65. The summed E-state index contributed by atoms with van der Waals surface area (Å²) >= 11 is 0. The monoisotopic (exact) mass is 223 g/mol. The van der Waals surface area contributed by atoms with Crippen molar-refractivity contribution in [3.63, 3.8) is 0 Å². The molecule has 0 aromatic carbocycles. The molecule has 88 valence electrons. The number of nitrogens with zero attached hydrogens (tertiary/aromatic N) is 1. The Morgan fingerprint density at radius 1 is 1.44 bits per heavy atom. The van der Waals surface area contributed by atoms with Crippen LogP contribution in [-0.2, 0) is 6.42 Å². The fraction of sp³-hybridized carbons (Fsp3) is 0.636. The van der Waals surface area contributed by atoms with Crippen LogP contribution in [0.15, 0.2) is 4.79 Å². The summed E-state index contributed by atoms with van der Waals surface area (Å²) in [6.07, 6.45) is 2.41. The van der Waals surface area contributed by atoms with Crippen LogP contribution >= 0.6 is 0 Å². The Labute approximate surface area is 93.9 Å².